The lowest BCUT2D eigenvalue weighted by atomic mass is 10.2. The van der Waals surface area contributed by atoms with E-state index in [-0.39, 0.29) is 31.7 Å². The van der Waals surface area contributed by atoms with Gasteiger partial charge in [-0.2, -0.15) is 0 Å². The van der Waals surface area contributed by atoms with E-state index >= 15 is 0 Å². The highest BCUT2D eigenvalue weighted by Crippen LogP contribution is 2.03. The number of aliphatic carboxylic acids is 3. The quantitative estimate of drug-likeness (QED) is 0.0313. The maximum Gasteiger partial charge on any atom is 0.323 e. The SMILES string of the molecule is CCNC(=O)CCC(=O)CNC(=O)CN(CC(=O)O)C(=O)CCC(=O)CNC(=O)CN(CC(=O)O)C(=O)CCC(=O)CNC(=O)CN(CC(=O)O)C(=O)CCC(=O)CN. The molecule has 0 aliphatic heterocycles. The van der Waals surface area contributed by atoms with E-state index in [9.17, 15) is 72.2 Å². The molecule has 0 rings (SSSR count). The van der Waals surface area contributed by atoms with Crippen molar-refractivity contribution < 1.29 is 82.4 Å². The van der Waals surface area contributed by atoms with Crippen LogP contribution in [0.4, 0.5) is 0 Å². The molecule has 0 heterocycles. The van der Waals surface area contributed by atoms with Gasteiger partial charge >= 0.3 is 17.9 Å². The normalized spacial score (nSPS) is 10.3. The van der Waals surface area contributed by atoms with Crippen LogP contribution in [0.5, 0.6) is 0 Å². The minimum absolute atomic E-state index is 0.107. The Bertz CT molecular complexity index is 1620. The fourth-order valence-corrected chi connectivity index (χ4v) is 4.58. The Morgan fingerprint density at radius 1 is 0.390 bits per heavy atom. The Labute approximate surface area is 336 Å². The Morgan fingerprint density at radius 3 is 0.949 bits per heavy atom. The highest BCUT2D eigenvalue weighted by atomic mass is 16.4. The molecule has 0 saturated heterocycles. The van der Waals surface area contributed by atoms with Crippen molar-refractivity contribution in [1.82, 2.24) is 36.0 Å². The summed E-state index contributed by atoms with van der Waals surface area (Å²) in [5.74, 6) is -12.8. The van der Waals surface area contributed by atoms with Crippen LogP contribution in [0.2, 0.25) is 0 Å². The van der Waals surface area contributed by atoms with Gasteiger partial charge < -0.3 is 57.0 Å². The number of nitrogens with one attached hydrogen (secondary N) is 4. The van der Waals surface area contributed by atoms with Crippen molar-refractivity contribution in [3.05, 3.63) is 0 Å². The Kier molecular flexibility index (Phi) is 25.5. The third-order valence-corrected chi connectivity index (χ3v) is 7.57. The Hall–Kier alpha value is -6.66. The maximum absolute atomic E-state index is 12.7. The minimum Gasteiger partial charge on any atom is -0.480 e. The summed E-state index contributed by atoms with van der Waals surface area (Å²) in [5, 5.41) is 36.4. The first-order valence-corrected chi connectivity index (χ1v) is 18.0. The molecular weight excluding hydrogens is 792 g/mol. The van der Waals surface area contributed by atoms with Crippen molar-refractivity contribution in [1.29, 1.82) is 0 Å². The van der Waals surface area contributed by atoms with Gasteiger partial charge in [-0.3, -0.25) is 67.1 Å². The first kappa shape index (κ1) is 52.3. The van der Waals surface area contributed by atoms with Crippen LogP contribution in [0.25, 0.3) is 0 Å². The number of nitrogens with two attached hydrogens (primary N) is 1. The lowest BCUT2D eigenvalue weighted by Gasteiger charge is -2.21. The molecule has 0 bridgehead atoms. The monoisotopic (exact) mass is 842 g/mol. The van der Waals surface area contributed by atoms with Crippen LogP contribution in [0.1, 0.15) is 58.3 Å². The predicted molar refractivity (Wildman–Crippen MR) is 196 cm³/mol. The predicted octanol–water partition coefficient (Wildman–Crippen LogP) is -5.43. The Balaban J connectivity index is 4.96. The van der Waals surface area contributed by atoms with Gasteiger partial charge in [0.2, 0.25) is 41.4 Å². The summed E-state index contributed by atoms with van der Waals surface area (Å²) >= 11 is 0. The molecule has 0 aromatic heterocycles. The van der Waals surface area contributed by atoms with Crippen molar-refractivity contribution in [2.75, 3.05) is 72.0 Å². The van der Waals surface area contributed by atoms with Crippen LogP contribution in [-0.2, 0) is 67.1 Å². The molecule has 0 saturated carbocycles. The highest BCUT2D eigenvalue weighted by molar-refractivity contribution is 5.95. The van der Waals surface area contributed by atoms with Gasteiger partial charge in [-0.05, 0) is 6.92 Å². The number of hydrogen-bond donors (Lipinski definition) is 8. The van der Waals surface area contributed by atoms with Gasteiger partial charge in [-0.25, -0.2) is 0 Å². The smallest absolute Gasteiger partial charge is 0.323 e. The van der Waals surface area contributed by atoms with Gasteiger partial charge in [-0.15, -0.1) is 0 Å². The summed E-state index contributed by atoms with van der Waals surface area (Å²) in [5.41, 5.74) is 5.17. The molecule has 59 heavy (non-hydrogen) atoms. The number of carboxylic acid groups (broad SMARTS) is 3. The number of carbonyl (C=O) groups excluding carboxylic acids is 11. The van der Waals surface area contributed by atoms with Crippen molar-refractivity contribution in [2.45, 2.75) is 58.3 Å². The molecule has 0 aliphatic carbocycles. The summed E-state index contributed by atoms with van der Waals surface area (Å²) in [6.07, 6.45) is -3.24. The first-order chi connectivity index (χ1) is 27.7. The minimum atomic E-state index is -1.53. The third-order valence-electron chi connectivity index (χ3n) is 7.57. The van der Waals surface area contributed by atoms with Gasteiger partial charge in [-0.1, -0.05) is 0 Å². The zero-order valence-corrected chi connectivity index (χ0v) is 32.4. The van der Waals surface area contributed by atoms with Crippen LogP contribution in [0.15, 0.2) is 0 Å². The first-order valence-electron chi connectivity index (χ1n) is 18.0. The fraction of sp³-hybridized carbons (Fsp3) is 0.588. The van der Waals surface area contributed by atoms with E-state index in [1.54, 1.807) is 6.92 Å². The molecule has 0 spiro atoms. The van der Waals surface area contributed by atoms with Crippen molar-refractivity contribution in [3.63, 3.8) is 0 Å². The van der Waals surface area contributed by atoms with Crippen LogP contribution in [0, 0.1) is 0 Å². The second kappa shape index (κ2) is 28.7. The average molecular weight is 843 g/mol. The zero-order valence-electron chi connectivity index (χ0n) is 32.4. The summed E-state index contributed by atoms with van der Waals surface area (Å²) < 4.78 is 0. The number of amides is 7. The Morgan fingerprint density at radius 2 is 0.678 bits per heavy atom. The molecular formula is C34H50N8O17. The van der Waals surface area contributed by atoms with E-state index in [0.717, 1.165) is 0 Å². The molecule has 0 radical (unpaired) electrons. The van der Waals surface area contributed by atoms with Crippen LogP contribution < -0.4 is 27.0 Å². The van der Waals surface area contributed by atoms with Crippen LogP contribution in [0.3, 0.4) is 0 Å². The second-order valence-corrected chi connectivity index (χ2v) is 12.6. The number of ketones is 4. The number of nitrogens with zero attached hydrogens (tertiary/aromatic N) is 3. The fourth-order valence-electron chi connectivity index (χ4n) is 4.58. The lowest BCUT2D eigenvalue weighted by molar-refractivity contribution is -0.146. The summed E-state index contributed by atoms with van der Waals surface area (Å²) in [6, 6.07) is 0. The molecule has 9 N–H and O–H groups in total. The maximum atomic E-state index is 12.7. The van der Waals surface area contributed by atoms with E-state index < -0.39 is 167 Å². The van der Waals surface area contributed by atoms with Gasteiger partial charge in [0.1, 0.15) is 45.1 Å². The molecule has 25 heteroatoms. The average Bonchev–Trinajstić information content (AvgIpc) is 3.16. The molecule has 0 fully saturated rings. The van der Waals surface area contributed by atoms with E-state index in [1.165, 1.54) is 0 Å². The van der Waals surface area contributed by atoms with Crippen molar-refractivity contribution in [2.24, 2.45) is 5.73 Å². The number of rotatable bonds is 32. The van der Waals surface area contributed by atoms with E-state index in [1.807, 2.05) is 0 Å². The molecule has 7 amide bonds. The number of carbonyl (C=O) groups is 14. The molecule has 0 aliphatic rings. The molecule has 25 nitrogen and oxygen atoms in total. The summed E-state index contributed by atoms with van der Waals surface area (Å²) in [7, 11) is 0. The number of Topliss-reactive ketones (excluding diaryl/α,β-unsaturated/α-hetero) is 4. The van der Waals surface area contributed by atoms with Crippen molar-refractivity contribution >= 4 is 82.4 Å². The van der Waals surface area contributed by atoms with Crippen LogP contribution in [-0.4, -0.2) is 184 Å². The lowest BCUT2D eigenvalue weighted by Crippen LogP contribution is -2.45. The summed E-state index contributed by atoms with van der Waals surface area (Å²) in [4.78, 5) is 170. The van der Waals surface area contributed by atoms with Crippen LogP contribution >= 0.6 is 0 Å². The standard InChI is InChI=1S/C34H50N8O17/c1-2-36-25(47)7-3-22(44)12-37-26(48)16-41(19-33(56)57)30(52)9-5-24(46)14-39-28(50)17-42(20-34(58)59)31(53)10-6-23(45)13-38-27(49)15-40(18-32(54)55)29(51)8-4-21(43)11-35/h2-20,35H2,1H3,(H,36,47)(H,37,48)(H,38,49)(H,39,50)(H,54,55)(H,56,57)(H,58,59). The van der Waals surface area contributed by atoms with Gasteiger partial charge in [0.25, 0.3) is 0 Å². The molecule has 0 atom stereocenters. The van der Waals surface area contributed by atoms with E-state index in [2.05, 4.69) is 21.3 Å². The van der Waals surface area contributed by atoms with Gasteiger partial charge in [0.15, 0.2) is 17.3 Å². The molecule has 0 unspecified atom stereocenters. The number of carboxylic acids is 3. The second-order valence-electron chi connectivity index (χ2n) is 12.6. The molecule has 0 aromatic carbocycles. The summed E-state index contributed by atoms with van der Waals surface area (Å²) in [6.45, 7) is -5.33. The third kappa shape index (κ3) is 26.0. The zero-order chi connectivity index (χ0) is 45.1. The van der Waals surface area contributed by atoms with Gasteiger partial charge in [0, 0.05) is 57.9 Å². The molecule has 328 valence electrons. The molecule has 0 aromatic rings. The largest absolute Gasteiger partial charge is 0.480 e. The van der Waals surface area contributed by atoms with E-state index in [4.69, 9.17) is 15.9 Å². The highest BCUT2D eigenvalue weighted by Gasteiger charge is 2.24. The van der Waals surface area contributed by atoms with Crippen molar-refractivity contribution in [3.8, 4) is 0 Å². The van der Waals surface area contributed by atoms with Gasteiger partial charge in [0.05, 0.1) is 26.2 Å². The topological polar surface area (TPSA) is 384 Å². The number of hydrogen-bond acceptors (Lipinski definition) is 15. The van der Waals surface area contributed by atoms with E-state index in [0.29, 0.717) is 21.2 Å².